The molecule has 0 aromatic heterocycles. The van der Waals surface area contributed by atoms with Crippen LogP contribution in [0.5, 0.6) is 0 Å². The number of carbonyl (C=O) groups is 2. The van der Waals surface area contributed by atoms with Crippen LogP contribution in [0.3, 0.4) is 0 Å². The van der Waals surface area contributed by atoms with Gasteiger partial charge < -0.3 is 14.6 Å². The summed E-state index contributed by atoms with van der Waals surface area (Å²) in [6.07, 6.45) is 113. The number of hydrogen-bond acceptors (Lipinski definition) is 5. The maximum absolute atomic E-state index is 12.3. The molecule has 1 N–H and O–H groups in total. The van der Waals surface area contributed by atoms with Crippen LogP contribution in [0.15, 0.2) is 182 Å². The number of esters is 2. The van der Waals surface area contributed by atoms with E-state index >= 15 is 0 Å². The zero-order valence-corrected chi connectivity index (χ0v) is 54.1. The van der Waals surface area contributed by atoms with Crippen LogP contribution in [-0.2, 0) is 19.1 Å². The quantitative estimate of drug-likeness (QED) is 0.0373. The number of aliphatic hydroxyl groups is 1. The zero-order valence-electron chi connectivity index (χ0n) is 54.1. The van der Waals surface area contributed by atoms with Crippen molar-refractivity contribution in [1.82, 2.24) is 0 Å². The van der Waals surface area contributed by atoms with Gasteiger partial charge in [0.15, 0.2) is 6.10 Å². The Bertz CT molecular complexity index is 1890. The summed E-state index contributed by atoms with van der Waals surface area (Å²) < 4.78 is 10.7. The van der Waals surface area contributed by atoms with E-state index in [1.807, 2.05) is 0 Å². The third-order valence-electron chi connectivity index (χ3n) is 14.2. The lowest BCUT2D eigenvalue weighted by molar-refractivity contribution is -0.161. The number of carbonyl (C=O) groups excluding carboxylic acids is 2. The zero-order chi connectivity index (χ0) is 60.5. The molecule has 1 unspecified atom stereocenters. The van der Waals surface area contributed by atoms with E-state index in [1.54, 1.807) is 0 Å². The van der Waals surface area contributed by atoms with Crippen LogP contribution >= 0.6 is 0 Å². The molecule has 0 saturated heterocycles. The Morgan fingerprint density at radius 2 is 0.488 bits per heavy atom. The average molecular weight is 1160 g/mol. The molecule has 0 aliphatic rings. The van der Waals surface area contributed by atoms with E-state index in [0.29, 0.717) is 12.8 Å². The van der Waals surface area contributed by atoms with Gasteiger partial charge in [-0.15, -0.1) is 0 Å². The number of ether oxygens (including phenoxy) is 2. The molecule has 0 aliphatic heterocycles. The Kier molecular flexibility index (Phi) is 68.0. The van der Waals surface area contributed by atoms with E-state index in [2.05, 4.69) is 196 Å². The van der Waals surface area contributed by atoms with Crippen LogP contribution < -0.4 is 0 Å². The van der Waals surface area contributed by atoms with E-state index in [-0.39, 0.29) is 31.6 Å². The summed E-state index contributed by atoms with van der Waals surface area (Å²) in [7, 11) is 0. The minimum atomic E-state index is -0.816. The summed E-state index contributed by atoms with van der Waals surface area (Å²) >= 11 is 0. The molecular weight excluding hydrogens is 1030 g/mol. The van der Waals surface area contributed by atoms with Gasteiger partial charge in [0, 0.05) is 12.8 Å². The first-order valence-electron chi connectivity index (χ1n) is 34.3. The molecule has 84 heavy (non-hydrogen) atoms. The van der Waals surface area contributed by atoms with Gasteiger partial charge in [-0.3, -0.25) is 9.59 Å². The molecule has 0 fully saturated rings. The second-order valence-electron chi connectivity index (χ2n) is 22.1. The van der Waals surface area contributed by atoms with Crippen molar-refractivity contribution in [3.8, 4) is 0 Å². The Hall–Kier alpha value is -5.00. The van der Waals surface area contributed by atoms with Crippen LogP contribution in [0.4, 0.5) is 0 Å². The molecule has 0 aromatic rings. The molecule has 0 radical (unpaired) electrons. The van der Waals surface area contributed by atoms with Crippen molar-refractivity contribution in [2.75, 3.05) is 13.2 Å². The first kappa shape index (κ1) is 79.0. The predicted molar refractivity (Wildman–Crippen MR) is 370 cm³/mol. The molecule has 472 valence electrons. The fourth-order valence-electron chi connectivity index (χ4n) is 9.15. The van der Waals surface area contributed by atoms with Crippen molar-refractivity contribution >= 4 is 11.9 Å². The summed E-state index contributed by atoms with van der Waals surface area (Å²) in [6.45, 7) is 3.87. The topological polar surface area (TPSA) is 72.8 Å². The van der Waals surface area contributed by atoms with Crippen LogP contribution in [0, 0.1) is 0 Å². The molecule has 5 heteroatoms. The smallest absolute Gasteiger partial charge is 0.306 e. The number of hydrogen-bond donors (Lipinski definition) is 1. The normalized spacial score (nSPS) is 13.4. The summed E-state index contributed by atoms with van der Waals surface area (Å²) in [5.41, 5.74) is 0. The lowest BCUT2D eigenvalue weighted by atomic mass is 10.0. The van der Waals surface area contributed by atoms with Crippen molar-refractivity contribution in [2.45, 2.75) is 290 Å². The highest BCUT2D eigenvalue weighted by atomic mass is 16.6. The van der Waals surface area contributed by atoms with Gasteiger partial charge in [-0.05, 0) is 128 Å². The molecular formula is C79H126O5. The lowest BCUT2D eigenvalue weighted by Crippen LogP contribution is -2.28. The summed E-state index contributed by atoms with van der Waals surface area (Å²) in [5.74, 6) is -0.664. The van der Waals surface area contributed by atoms with Crippen molar-refractivity contribution < 1.29 is 24.2 Å². The van der Waals surface area contributed by atoms with E-state index in [4.69, 9.17) is 9.47 Å². The van der Waals surface area contributed by atoms with E-state index in [0.717, 1.165) is 122 Å². The molecule has 0 aromatic carbocycles. The number of rotatable bonds is 61. The van der Waals surface area contributed by atoms with Crippen LogP contribution in [0.25, 0.3) is 0 Å². The highest BCUT2D eigenvalue weighted by Gasteiger charge is 2.16. The molecule has 1 atom stereocenters. The van der Waals surface area contributed by atoms with E-state index in [9.17, 15) is 14.7 Å². The van der Waals surface area contributed by atoms with Gasteiger partial charge in [-0.25, -0.2) is 0 Å². The summed E-state index contributed by atoms with van der Waals surface area (Å²) in [5, 5.41) is 9.68. The molecule has 0 saturated carbocycles. The van der Waals surface area contributed by atoms with Crippen molar-refractivity contribution in [3.63, 3.8) is 0 Å². The summed E-state index contributed by atoms with van der Waals surface area (Å²) in [6, 6.07) is 0. The van der Waals surface area contributed by atoms with Crippen molar-refractivity contribution in [3.05, 3.63) is 182 Å². The molecule has 0 amide bonds. The number of aliphatic hydroxyl groups excluding tert-OH is 1. The Balaban J connectivity index is 3.55. The van der Waals surface area contributed by atoms with Crippen LogP contribution in [-0.4, -0.2) is 36.4 Å². The summed E-state index contributed by atoms with van der Waals surface area (Å²) in [4.78, 5) is 24.6. The Morgan fingerprint density at radius 3 is 0.750 bits per heavy atom. The highest BCUT2D eigenvalue weighted by Crippen LogP contribution is 2.17. The van der Waals surface area contributed by atoms with Crippen molar-refractivity contribution in [2.24, 2.45) is 0 Å². The van der Waals surface area contributed by atoms with Gasteiger partial charge in [0.05, 0.1) is 6.61 Å². The van der Waals surface area contributed by atoms with Gasteiger partial charge in [-0.1, -0.05) is 325 Å². The molecule has 0 bridgehead atoms. The second kappa shape index (κ2) is 72.3. The van der Waals surface area contributed by atoms with E-state index < -0.39 is 6.10 Å². The maximum atomic E-state index is 12.3. The Morgan fingerprint density at radius 1 is 0.274 bits per heavy atom. The first-order valence-corrected chi connectivity index (χ1v) is 34.3. The first-order chi connectivity index (χ1) is 41.6. The van der Waals surface area contributed by atoms with Gasteiger partial charge in [-0.2, -0.15) is 0 Å². The Labute approximate surface area is 518 Å². The standard InChI is InChI=1S/C79H126O5/c1-3-5-7-9-11-13-15-17-19-21-23-25-27-29-31-33-34-35-36-37-38-39-40-41-42-43-44-46-47-49-51-53-55-57-59-61-63-65-67-69-71-73-78(81)83-76-77(75-80)84-79(82)74-72-70-68-66-64-62-60-58-56-54-52-50-48-45-32-30-28-26-24-22-20-18-16-14-12-10-8-6-4-2/h5-8,11-14,17-20,23-26,29-32,34-35,48,50,54,56,60,62,66,68,77,80H,3-4,9-10,15-16,21-22,27-28,33,36-47,49,51-53,55,57-59,61,63-65,67,69-76H2,1-2H3/b7-5-,8-6-,13-11-,14-12-,19-17-,20-18-,25-23-,26-24-,31-29-,32-30-,35-34-,50-48-,56-54-,62-60-,68-66-. The van der Waals surface area contributed by atoms with Crippen LogP contribution in [0.1, 0.15) is 284 Å². The fourth-order valence-corrected chi connectivity index (χ4v) is 9.15. The molecule has 0 spiro atoms. The monoisotopic (exact) mass is 1150 g/mol. The third kappa shape index (κ3) is 69.5. The van der Waals surface area contributed by atoms with Gasteiger partial charge in [0.2, 0.25) is 0 Å². The third-order valence-corrected chi connectivity index (χ3v) is 14.2. The second-order valence-corrected chi connectivity index (χ2v) is 22.1. The number of unbranched alkanes of at least 4 members (excludes halogenated alkanes) is 23. The highest BCUT2D eigenvalue weighted by molar-refractivity contribution is 5.70. The SMILES string of the molecule is CC/C=C\C/C=C\C/C=C\C/C=C\C/C=C\C/C=C\C/C=C\C/C=C\C/C=C\CCCC(=O)OC(CO)COC(=O)CCCCCCCCCCCCCCCCCCCCCCCC/C=C\C/C=C\C/C=C\C/C=C\C/C=C\C/C=C\CC. The van der Waals surface area contributed by atoms with Gasteiger partial charge >= 0.3 is 11.9 Å². The lowest BCUT2D eigenvalue weighted by Gasteiger charge is -2.15. The van der Waals surface area contributed by atoms with E-state index in [1.165, 1.54) is 128 Å². The van der Waals surface area contributed by atoms with Crippen molar-refractivity contribution in [1.29, 1.82) is 0 Å². The van der Waals surface area contributed by atoms with Crippen LogP contribution in [0.2, 0.25) is 0 Å². The molecule has 5 nitrogen and oxygen atoms in total. The fraction of sp³-hybridized carbons (Fsp3) is 0.595. The molecule has 0 aliphatic carbocycles. The predicted octanol–water partition coefficient (Wildman–Crippen LogP) is 24.2. The largest absolute Gasteiger partial charge is 0.462 e. The molecule has 0 heterocycles. The minimum absolute atomic E-state index is 0.0974. The van der Waals surface area contributed by atoms with Gasteiger partial charge in [0.1, 0.15) is 6.61 Å². The van der Waals surface area contributed by atoms with Gasteiger partial charge in [0.25, 0.3) is 0 Å². The maximum Gasteiger partial charge on any atom is 0.306 e. The molecule has 0 rings (SSSR count). The number of allylic oxidation sites excluding steroid dienone is 30. The average Bonchev–Trinajstić information content (AvgIpc) is 3.51. The minimum Gasteiger partial charge on any atom is -0.462 e.